The van der Waals surface area contributed by atoms with E-state index in [1.54, 1.807) is 21.0 Å². The maximum atomic E-state index is 14.5. The second kappa shape index (κ2) is 27.2. The SMILES string of the molecule is CO[C@@H]1C[C@H](C[C@@H](C)[C@@H]2CC[C@H](C)/C=C(\C)[C@@H](O)[C@@H](OC)C(=O)[C@H](C)C[C@H](C)/C=C/C=C/C=C(\C)C(CSN3CCCS3(=O)=O)C[C@@H]3CC[C@@H](C)[C@@](O)(O3)C(=O)C(=O)N3CCCC[C@H]3C(=O)O2)CC[C@H]1O. The highest BCUT2D eigenvalue weighted by molar-refractivity contribution is 8.08. The smallest absolute Gasteiger partial charge is 0.329 e. The normalized spacial score (nSPS) is 40.1. The Labute approximate surface area is 428 Å². The van der Waals surface area contributed by atoms with Crippen LogP contribution < -0.4 is 0 Å². The Morgan fingerprint density at radius 3 is 2.28 bits per heavy atom. The summed E-state index contributed by atoms with van der Waals surface area (Å²) in [5.41, 5.74) is 1.53. The second-order valence-electron chi connectivity index (χ2n) is 21.7. The summed E-state index contributed by atoms with van der Waals surface area (Å²) in [4.78, 5) is 58.5. The lowest BCUT2D eigenvalue weighted by molar-refractivity contribution is -0.264. The van der Waals surface area contributed by atoms with Gasteiger partial charge in [-0.15, -0.1) is 3.71 Å². The molecule has 1 unspecified atom stereocenters. The molecule has 4 heterocycles. The zero-order chi connectivity index (χ0) is 52.2. The van der Waals surface area contributed by atoms with Crippen molar-refractivity contribution < 1.29 is 61.9 Å². The van der Waals surface area contributed by atoms with E-state index in [4.69, 9.17) is 18.9 Å². The molecular formula is C54H86N2O13S2. The number of hydrogen-bond donors (Lipinski definition) is 3. The van der Waals surface area contributed by atoms with Gasteiger partial charge in [-0.3, -0.25) is 14.4 Å². The van der Waals surface area contributed by atoms with Gasteiger partial charge in [-0.2, -0.15) is 0 Å². The fourth-order valence-electron chi connectivity index (χ4n) is 11.3. The number of nitrogens with zero attached hydrogens (tertiary/aromatic N) is 2. The standard InChI is InChI=1S/C54H86N2O13S2/c1-34-16-11-10-12-17-36(3)42(33-70-56-26-15-27-71(56,64)65)32-43-22-20-40(7)54(63,69-43)51(60)52(61)55-25-14-13-18-44(55)53(62)68-46(37(4)30-41-21-23-45(57)47(31-41)66-8)24-19-35(2)29-39(6)49(59)50(67-9)48(58)38(5)28-34/h10-12,16-17,29,34-35,37-38,40-47,49-50,57,59,63H,13-15,18-28,30-33H2,1-9H3/b12-10+,16-11+,36-17+,39-29+/t34-,35+,37-,38-,40-,41+,42?,43+,44+,45-,46+,47-,49-,50+,54-/m1/s1. The van der Waals surface area contributed by atoms with Gasteiger partial charge < -0.3 is 39.2 Å². The predicted octanol–water partition coefficient (Wildman–Crippen LogP) is 7.29. The van der Waals surface area contributed by atoms with E-state index in [1.165, 1.54) is 27.7 Å². The molecule has 1 aliphatic carbocycles. The Hall–Kier alpha value is -2.74. The largest absolute Gasteiger partial charge is 0.461 e. The number of rotatable bonds is 8. The van der Waals surface area contributed by atoms with Gasteiger partial charge in [0.05, 0.1) is 24.1 Å². The van der Waals surface area contributed by atoms with Crippen LogP contribution in [0.5, 0.6) is 0 Å². The van der Waals surface area contributed by atoms with E-state index in [2.05, 4.69) is 0 Å². The molecule has 2 bridgehead atoms. The van der Waals surface area contributed by atoms with Crippen LogP contribution in [0.3, 0.4) is 0 Å². The van der Waals surface area contributed by atoms with Crippen LogP contribution in [0.1, 0.15) is 138 Å². The van der Waals surface area contributed by atoms with Crippen LogP contribution in [0, 0.1) is 41.4 Å². The number of carbonyl (C=O) groups is 4. The topological polar surface area (TPSA) is 207 Å². The molecule has 0 aromatic heterocycles. The number of cyclic esters (lactones) is 1. The van der Waals surface area contributed by atoms with Crippen LogP contribution in [0.25, 0.3) is 0 Å². The van der Waals surface area contributed by atoms with Crippen molar-refractivity contribution in [3.8, 4) is 0 Å². The molecule has 4 fully saturated rings. The minimum absolute atomic E-state index is 0.0214. The third-order valence-corrected chi connectivity index (χ3v) is 19.5. The minimum Gasteiger partial charge on any atom is -0.461 e. The minimum atomic E-state index is -3.39. The summed E-state index contributed by atoms with van der Waals surface area (Å²) in [6.07, 6.45) is 14.9. The molecule has 4 aliphatic heterocycles. The van der Waals surface area contributed by atoms with Crippen molar-refractivity contribution in [1.29, 1.82) is 0 Å². The molecule has 1 amide bonds. The zero-order valence-corrected chi connectivity index (χ0v) is 45.5. The third kappa shape index (κ3) is 15.9. The summed E-state index contributed by atoms with van der Waals surface area (Å²) in [6.45, 7) is 13.9. The van der Waals surface area contributed by atoms with Gasteiger partial charge in [-0.05, 0) is 139 Å². The van der Waals surface area contributed by atoms with E-state index < -0.39 is 81.9 Å². The Morgan fingerprint density at radius 2 is 1.59 bits per heavy atom. The lowest BCUT2D eigenvalue weighted by Gasteiger charge is -2.43. The Kier molecular flexibility index (Phi) is 22.6. The molecule has 17 heteroatoms. The predicted molar refractivity (Wildman–Crippen MR) is 275 cm³/mol. The first kappa shape index (κ1) is 59.1. The van der Waals surface area contributed by atoms with E-state index >= 15 is 0 Å². The molecule has 15 atom stereocenters. The molecule has 0 aromatic carbocycles. The number of aliphatic hydroxyl groups excluding tert-OH is 2. The molecule has 3 N–H and O–H groups in total. The summed E-state index contributed by atoms with van der Waals surface area (Å²) >= 11 is 1.24. The molecule has 1 saturated carbocycles. The number of carbonyl (C=O) groups excluding carboxylic acids is 4. The van der Waals surface area contributed by atoms with Crippen LogP contribution in [0.4, 0.5) is 0 Å². The van der Waals surface area contributed by atoms with E-state index in [0.717, 1.165) is 12.0 Å². The number of ketones is 2. The third-order valence-electron chi connectivity index (χ3n) is 15.9. The number of aliphatic hydroxyl groups is 3. The fraction of sp³-hybridized carbons (Fsp3) is 0.778. The first-order chi connectivity index (χ1) is 33.6. The van der Waals surface area contributed by atoms with Crippen LogP contribution >= 0.6 is 11.9 Å². The number of ether oxygens (including phenoxy) is 4. The summed E-state index contributed by atoms with van der Waals surface area (Å²) in [6, 6.07) is -1.06. The van der Waals surface area contributed by atoms with Gasteiger partial charge in [0.15, 0.2) is 5.78 Å². The number of sulfonamides is 1. The highest BCUT2D eigenvalue weighted by Gasteiger charge is 2.53. The van der Waals surface area contributed by atoms with Gasteiger partial charge in [-0.1, -0.05) is 88.6 Å². The van der Waals surface area contributed by atoms with Gasteiger partial charge in [0.1, 0.15) is 24.4 Å². The van der Waals surface area contributed by atoms with Gasteiger partial charge in [0.2, 0.25) is 15.8 Å². The molecule has 5 aliphatic rings. The molecule has 0 radical (unpaired) electrons. The summed E-state index contributed by atoms with van der Waals surface area (Å²) in [7, 11) is -0.354. The molecule has 71 heavy (non-hydrogen) atoms. The summed E-state index contributed by atoms with van der Waals surface area (Å²) in [5, 5.41) is 34.2. The maximum absolute atomic E-state index is 14.5. The zero-order valence-electron chi connectivity index (χ0n) is 43.9. The molecule has 0 spiro atoms. The first-order valence-electron chi connectivity index (χ1n) is 26.3. The van der Waals surface area contributed by atoms with Crippen LogP contribution in [-0.4, -0.2) is 143 Å². The highest BCUT2D eigenvalue weighted by Crippen LogP contribution is 2.39. The van der Waals surface area contributed by atoms with Crippen LogP contribution in [-0.2, 0) is 48.1 Å². The number of allylic oxidation sites excluding steroid dienone is 7. The van der Waals surface area contributed by atoms with Gasteiger partial charge >= 0.3 is 5.97 Å². The first-order valence-corrected chi connectivity index (χ1v) is 28.9. The monoisotopic (exact) mass is 1030 g/mol. The summed E-state index contributed by atoms with van der Waals surface area (Å²) in [5.74, 6) is -6.23. The summed E-state index contributed by atoms with van der Waals surface area (Å²) < 4.78 is 51.0. The maximum Gasteiger partial charge on any atom is 0.329 e. The van der Waals surface area contributed by atoms with Crippen LogP contribution in [0.15, 0.2) is 47.6 Å². The number of Topliss-reactive ketones (excluding diaryl/α,β-unsaturated/α-hetero) is 2. The van der Waals surface area contributed by atoms with Crippen molar-refractivity contribution in [2.45, 2.75) is 187 Å². The lowest BCUT2D eigenvalue weighted by Crippen LogP contribution is -2.60. The van der Waals surface area contributed by atoms with E-state index in [1.807, 2.05) is 71.1 Å². The van der Waals surface area contributed by atoms with Gasteiger partial charge in [0, 0.05) is 44.9 Å². The Morgan fingerprint density at radius 1 is 0.845 bits per heavy atom. The van der Waals surface area contributed by atoms with Crippen LogP contribution in [0.2, 0.25) is 0 Å². The molecule has 3 saturated heterocycles. The van der Waals surface area contributed by atoms with E-state index in [9.17, 15) is 42.9 Å². The second-order valence-corrected chi connectivity index (χ2v) is 24.9. The van der Waals surface area contributed by atoms with Crippen molar-refractivity contribution in [3.63, 3.8) is 0 Å². The van der Waals surface area contributed by atoms with Crippen molar-refractivity contribution in [2.24, 2.45) is 41.4 Å². The van der Waals surface area contributed by atoms with Crippen molar-refractivity contribution in [1.82, 2.24) is 8.61 Å². The van der Waals surface area contributed by atoms with Crippen molar-refractivity contribution in [3.05, 3.63) is 47.6 Å². The molecule has 15 nitrogen and oxygen atoms in total. The molecular weight excluding hydrogens is 949 g/mol. The average Bonchev–Trinajstić information content (AvgIpc) is 3.68. The van der Waals surface area contributed by atoms with Gasteiger partial charge in [0.25, 0.3) is 11.7 Å². The Balaban J connectivity index is 1.47. The average molecular weight is 1040 g/mol. The van der Waals surface area contributed by atoms with Gasteiger partial charge in [-0.25, -0.2) is 13.2 Å². The number of hydrogen-bond acceptors (Lipinski definition) is 14. The quantitative estimate of drug-likeness (QED) is 0.0946. The number of piperidine rings is 1. The molecule has 5 rings (SSSR count). The molecule has 402 valence electrons. The van der Waals surface area contributed by atoms with Crippen molar-refractivity contribution >= 4 is 45.4 Å². The molecule has 0 aromatic rings. The van der Waals surface area contributed by atoms with E-state index in [0.29, 0.717) is 94.9 Å². The lowest BCUT2D eigenvalue weighted by atomic mass is 9.78. The number of esters is 1. The fourth-order valence-corrected chi connectivity index (χ4v) is 14.4. The highest BCUT2D eigenvalue weighted by atomic mass is 32.3. The van der Waals surface area contributed by atoms with Crippen molar-refractivity contribution in [2.75, 3.05) is 38.8 Å². The number of fused-ring (bicyclic) bond motifs is 3. The number of methoxy groups -OCH3 is 2. The Bertz CT molecular complexity index is 2040. The van der Waals surface area contributed by atoms with E-state index in [-0.39, 0.29) is 60.2 Å². The number of amides is 1.